The summed E-state index contributed by atoms with van der Waals surface area (Å²) >= 11 is 0. The van der Waals surface area contributed by atoms with Gasteiger partial charge in [0.2, 0.25) is 0 Å². The Morgan fingerprint density at radius 1 is 1.22 bits per heavy atom. The van der Waals surface area contributed by atoms with Gasteiger partial charge in [-0.05, 0) is 60.3 Å². The molecule has 0 heterocycles. The Hall–Kier alpha value is 0.177. The van der Waals surface area contributed by atoms with E-state index in [9.17, 15) is 5.11 Å². The average Bonchev–Trinajstić information content (AvgIpc) is 2.85. The predicted molar refractivity (Wildman–Crippen MR) is 105 cm³/mol. The number of fused-ring (bicyclic) bond motifs is 1. The standard InChI is InChI=1S/C21H42OSi/c1-5-7-13-20(3,23)15-12-16(6-2)17-10-11-18-19(22)9-8-14-21(17,18)4/h16-19,22H,5-15H2,1-4,23H3/t16?,17-,18+,19+,20?,21-/m1/s1. The highest BCUT2D eigenvalue weighted by molar-refractivity contribution is 6.14. The van der Waals surface area contributed by atoms with E-state index in [0.29, 0.717) is 16.4 Å². The fraction of sp³-hybridized carbons (Fsp3) is 1.00. The number of aliphatic hydroxyl groups is 1. The van der Waals surface area contributed by atoms with Crippen molar-refractivity contribution >= 4 is 10.2 Å². The lowest BCUT2D eigenvalue weighted by Gasteiger charge is -2.46. The molecule has 0 spiro atoms. The van der Waals surface area contributed by atoms with E-state index < -0.39 is 0 Å². The largest absolute Gasteiger partial charge is 0.393 e. The molecule has 2 rings (SSSR count). The minimum absolute atomic E-state index is 0.00958. The summed E-state index contributed by atoms with van der Waals surface area (Å²) in [6, 6.07) is 0. The van der Waals surface area contributed by atoms with Crippen LogP contribution in [0.3, 0.4) is 0 Å². The van der Waals surface area contributed by atoms with Gasteiger partial charge in [0, 0.05) is 10.2 Å². The first kappa shape index (κ1) is 19.5. The maximum atomic E-state index is 10.5. The molecule has 0 aromatic heterocycles. The molecule has 136 valence electrons. The fourth-order valence-electron chi connectivity index (χ4n) is 6.01. The first-order valence-electron chi connectivity index (χ1n) is 10.5. The highest BCUT2D eigenvalue weighted by atomic mass is 28.1. The van der Waals surface area contributed by atoms with Crippen molar-refractivity contribution in [1.82, 2.24) is 0 Å². The van der Waals surface area contributed by atoms with Gasteiger partial charge in [0.05, 0.1) is 6.10 Å². The van der Waals surface area contributed by atoms with Crippen LogP contribution in [0, 0.1) is 23.2 Å². The molecule has 0 aromatic rings. The normalized spacial score (nSPS) is 38.2. The Labute approximate surface area is 148 Å². The predicted octanol–water partition coefficient (Wildman–Crippen LogP) is 5.10. The number of hydrogen-bond donors (Lipinski definition) is 1. The minimum Gasteiger partial charge on any atom is -0.393 e. The van der Waals surface area contributed by atoms with E-state index >= 15 is 0 Å². The van der Waals surface area contributed by atoms with Crippen LogP contribution in [0.5, 0.6) is 0 Å². The summed E-state index contributed by atoms with van der Waals surface area (Å²) in [5.41, 5.74) is 0.434. The van der Waals surface area contributed by atoms with Gasteiger partial charge in [-0.25, -0.2) is 0 Å². The molecule has 2 unspecified atom stereocenters. The van der Waals surface area contributed by atoms with Crippen LogP contribution in [0.15, 0.2) is 0 Å². The molecule has 1 nitrogen and oxygen atoms in total. The second kappa shape index (κ2) is 8.04. The van der Waals surface area contributed by atoms with Gasteiger partial charge in [-0.15, -0.1) is 0 Å². The average molecular weight is 339 g/mol. The third kappa shape index (κ3) is 4.42. The highest BCUT2D eigenvalue weighted by Gasteiger charge is 2.52. The topological polar surface area (TPSA) is 20.2 Å². The Morgan fingerprint density at radius 3 is 2.61 bits per heavy atom. The molecule has 0 saturated heterocycles. The summed E-state index contributed by atoms with van der Waals surface area (Å²) in [7, 11) is 1.34. The molecule has 0 aliphatic heterocycles. The number of rotatable bonds is 8. The second-order valence-corrected chi connectivity index (χ2v) is 12.1. The zero-order valence-corrected chi connectivity index (χ0v) is 18.5. The molecule has 2 heteroatoms. The molecular formula is C21H42OSi. The van der Waals surface area contributed by atoms with Gasteiger partial charge >= 0.3 is 0 Å². The smallest absolute Gasteiger partial charge is 0.0573 e. The third-order valence-corrected chi connectivity index (χ3v) is 8.66. The quantitative estimate of drug-likeness (QED) is 0.610. The second-order valence-electron chi connectivity index (χ2n) is 9.73. The van der Waals surface area contributed by atoms with Gasteiger partial charge in [0.25, 0.3) is 0 Å². The van der Waals surface area contributed by atoms with Crippen LogP contribution in [-0.4, -0.2) is 21.5 Å². The monoisotopic (exact) mass is 338 g/mol. The van der Waals surface area contributed by atoms with Crippen molar-refractivity contribution < 1.29 is 5.11 Å². The Balaban J connectivity index is 1.98. The summed E-state index contributed by atoms with van der Waals surface area (Å²) in [4.78, 5) is 0. The van der Waals surface area contributed by atoms with Crippen LogP contribution in [0.25, 0.3) is 0 Å². The van der Waals surface area contributed by atoms with E-state index in [-0.39, 0.29) is 6.10 Å². The van der Waals surface area contributed by atoms with Gasteiger partial charge in [-0.3, -0.25) is 0 Å². The molecule has 0 amide bonds. The molecule has 0 bridgehead atoms. The van der Waals surface area contributed by atoms with Crippen LogP contribution in [0.4, 0.5) is 0 Å². The lowest BCUT2D eigenvalue weighted by atomic mass is 9.60. The Morgan fingerprint density at radius 2 is 1.96 bits per heavy atom. The Kier molecular flexibility index (Phi) is 6.81. The summed E-state index contributed by atoms with van der Waals surface area (Å²) in [6.45, 7) is 9.79. The molecular weight excluding hydrogens is 296 g/mol. The van der Waals surface area contributed by atoms with Crippen molar-refractivity contribution in [1.29, 1.82) is 0 Å². The first-order chi connectivity index (χ1) is 10.8. The van der Waals surface area contributed by atoms with Crippen molar-refractivity contribution in [2.45, 2.75) is 109 Å². The zero-order chi connectivity index (χ0) is 17.1. The van der Waals surface area contributed by atoms with Gasteiger partial charge in [0.15, 0.2) is 0 Å². The van der Waals surface area contributed by atoms with Gasteiger partial charge < -0.3 is 5.11 Å². The first-order valence-corrected chi connectivity index (χ1v) is 11.5. The van der Waals surface area contributed by atoms with Gasteiger partial charge in [-0.2, -0.15) is 0 Å². The lowest BCUT2D eigenvalue weighted by molar-refractivity contribution is -0.0303. The fourth-order valence-corrected chi connectivity index (χ4v) is 6.65. The maximum Gasteiger partial charge on any atom is 0.0573 e. The van der Waals surface area contributed by atoms with E-state index in [1.165, 1.54) is 74.5 Å². The van der Waals surface area contributed by atoms with Crippen LogP contribution in [0.1, 0.15) is 98.3 Å². The van der Waals surface area contributed by atoms with Crippen molar-refractivity contribution in [2.24, 2.45) is 23.2 Å². The number of aliphatic hydroxyl groups excluding tert-OH is 1. The van der Waals surface area contributed by atoms with E-state index in [1.807, 2.05) is 0 Å². The van der Waals surface area contributed by atoms with Crippen molar-refractivity contribution in [3.05, 3.63) is 0 Å². The molecule has 2 aliphatic carbocycles. The van der Waals surface area contributed by atoms with Crippen LogP contribution >= 0.6 is 0 Å². The van der Waals surface area contributed by atoms with Gasteiger partial charge in [-0.1, -0.05) is 66.2 Å². The summed E-state index contributed by atoms with van der Waals surface area (Å²) in [5.74, 6) is 2.36. The highest BCUT2D eigenvalue weighted by Crippen LogP contribution is 2.59. The molecule has 1 N–H and O–H groups in total. The SMILES string of the molecule is CCCCC(C)([SiH3])CCC(CC)[C@H]1CC[C@H]2[C@@H](O)CCC[C@]12C. The molecule has 0 aromatic carbocycles. The van der Waals surface area contributed by atoms with E-state index in [0.717, 1.165) is 18.3 Å². The summed E-state index contributed by atoms with van der Waals surface area (Å²) < 4.78 is 0. The molecule has 2 fully saturated rings. The molecule has 2 aliphatic rings. The van der Waals surface area contributed by atoms with Crippen molar-refractivity contribution in [3.63, 3.8) is 0 Å². The van der Waals surface area contributed by atoms with Crippen molar-refractivity contribution in [2.75, 3.05) is 0 Å². The van der Waals surface area contributed by atoms with E-state index in [2.05, 4.69) is 27.7 Å². The van der Waals surface area contributed by atoms with E-state index in [1.54, 1.807) is 0 Å². The molecule has 6 atom stereocenters. The van der Waals surface area contributed by atoms with Crippen LogP contribution in [0.2, 0.25) is 5.04 Å². The summed E-state index contributed by atoms with van der Waals surface area (Å²) in [6.07, 6.45) is 14.7. The van der Waals surface area contributed by atoms with Crippen LogP contribution in [-0.2, 0) is 0 Å². The van der Waals surface area contributed by atoms with Gasteiger partial charge in [0.1, 0.15) is 0 Å². The third-order valence-electron chi connectivity index (χ3n) is 7.66. The number of hydrogen-bond acceptors (Lipinski definition) is 1. The maximum absolute atomic E-state index is 10.5. The zero-order valence-electron chi connectivity index (χ0n) is 16.5. The van der Waals surface area contributed by atoms with Crippen molar-refractivity contribution in [3.8, 4) is 0 Å². The number of unbranched alkanes of at least 4 members (excludes halogenated alkanes) is 1. The van der Waals surface area contributed by atoms with Crippen LogP contribution < -0.4 is 0 Å². The minimum atomic E-state index is -0.00958. The lowest BCUT2D eigenvalue weighted by Crippen LogP contribution is -2.41. The summed E-state index contributed by atoms with van der Waals surface area (Å²) in [5, 5.41) is 11.1. The van der Waals surface area contributed by atoms with E-state index in [4.69, 9.17) is 0 Å². The molecule has 23 heavy (non-hydrogen) atoms. The molecule has 2 saturated carbocycles. The Bertz CT molecular complexity index is 367. The molecule has 0 radical (unpaired) electrons.